The van der Waals surface area contributed by atoms with Gasteiger partial charge in [-0.15, -0.1) is 0 Å². The Bertz CT molecular complexity index is 600. The van der Waals surface area contributed by atoms with Crippen molar-refractivity contribution in [1.82, 2.24) is 4.72 Å². The van der Waals surface area contributed by atoms with Crippen molar-refractivity contribution < 1.29 is 23.4 Å². The molecule has 1 aromatic carbocycles. The maximum absolute atomic E-state index is 11.8. The number of carboxylic acid groups (broad SMARTS) is 1. The Morgan fingerprint density at radius 2 is 1.95 bits per heavy atom. The normalized spacial score (nSPS) is 14.9. The first kappa shape index (κ1) is 16.2. The molecule has 0 aliphatic rings. The molecule has 0 aliphatic carbocycles. The highest BCUT2D eigenvalue weighted by Gasteiger charge is 2.31. The van der Waals surface area contributed by atoms with Gasteiger partial charge in [0.2, 0.25) is 10.0 Å². The number of carbonyl (C=O) groups is 1. The molecule has 19 heavy (non-hydrogen) atoms. The molecule has 0 fully saturated rings. The van der Waals surface area contributed by atoms with Crippen LogP contribution in [0.2, 0.25) is 10.0 Å². The minimum atomic E-state index is -3.98. The van der Waals surface area contributed by atoms with Gasteiger partial charge in [0.05, 0.1) is 21.5 Å². The Hall–Kier alpha value is -0.860. The lowest BCUT2D eigenvalue weighted by molar-refractivity contribution is -0.155. The Labute approximate surface area is 120 Å². The van der Waals surface area contributed by atoms with Crippen molar-refractivity contribution in [3.8, 4) is 0 Å². The SMILES string of the molecule is CC(O)(CNS(=O)(=O)c1ccc(Cl)c(Cl)c1)C(=O)O. The first-order chi connectivity index (χ1) is 8.56. The molecule has 3 N–H and O–H groups in total. The third-order valence-corrected chi connectivity index (χ3v) is 4.41. The molecule has 6 nitrogen and oxygen atoms in total. The molecule has 0 radical (unpaired) electrons. The quantitative estimate of drug-likeness (QED) is 0.751. The average molecular weight is 328 g/mol. The Morgan fingerprint density at radius 3 is 2.42 bits per heavy atom. The lowest BCUT2D eigenvalue weighted by Gasteiger charge is -2.18. The van der Waals surface area contributed by atoms with Crippen molar-refractivity contribution in [3.63, 3.8) is 0 Å². The number of carboxylic acids is 1. The number of hydrogen-bond donors (Lipinski definition) is 3. The predicted molar refractivity (Wildman–Crippen MR) is 69.9 cm³/mol. The van der Waals surface area contributed by atoms with Gasteiger partial charge in [-0.2, -0.15) is 0 Å². The zero-order valence-corrected chi connectivity index (χ0v) is 12.1. The van der Waals surface area contributed by atoms with E-state index in [9.17, 15) is 18.3 Å². The summed E-state index contributed by atoms with van der Waals surface area (Å²) in [4.78, 5) is 10.5. The number of sulfonamides is 1. The molecule has 1 rings (SSSR count). The second-order valence-electron chi connectivity index (χ2n) is 3.98. The lowest BCUT2D eigenvalue weighted by Crippen LogP contribution is -2.46. The average Bonchev–Trinajstić information content (AvgIpc) is 2.30. The predicted octanol–water partition coefficient (Wildman–Crippen LogP) is 1.11. The number of benzene rings is 1. The van der Waals surface area contributed by atoms with E-state index in [-0.39, 0.29) is 14.9 Å². The van der Waals surface area contributed by atoms with Crippen molar-refractivity contribution in [1.29, 1.82) is 0 Å². The monoisotopic (exact) mass is 327 g/mol. The minimum Gasteiger partial charge on any atom is -0.479 e. The largest absolute Gasteiger partial charge is 0.479 e. The fourth-order valence-electron chi connectivity index (χ4n) is 1.04. The van der Waals surface area contributed by atoms with Crippen LogP contribution < -0.4 is 4.72 Å². The number of rotatable bonds is 5. The van der Waals surface area contributed by atoms with E-state index >= 15 is 0 Å². The number of nitrogens with one attached hydrogen (secondary N) is 1. The summed E-state index contributed by atoms with van der Waals surface area (Å²) in [6, 6.07) is 3.64. The summed E-state index contributed by atoms with van der Waals surface area (Å²) in [6.07, 6.45) is 0. The molecule has 0 bridgehead atoms. The summed E-state index contributed by atoms with van der Waals surface area (Å²) in [6.45, 7) is 0.303. The van der Waals surface area contributed by atoms with E-state index in [1.165, 1.54) is 12.1 Å². The summed E-state index contributed by atoms with van der Waals surface area (Å²) in [5, 5.41) is 18.3. The van der Waals surface area contributed by atoms with Crippen LogP contribution in [-0.4, -0.2) is 36.7 Å². The number of aliphatic carboxylic acids is 1. The van der Waals surface area contributed by atoms with Gasteiger partial charge in [0, 0.05) is 0 Å². The number of aliphatic hydroxyl groups is 1. The smallest absolute Gasteiger partial charge is 0.336 e. The summed E-state index contributed by atoms with van der Waals surface area (Å²) in [5.74, 6) is -1.54. The van der Waals surface area contributed by atoms with Crippen molar-refractivity contribution in [2.24, 2.45) is 0 Å². The van der Waals surface area contributed by atoms with E-state index in [4.69, 9.17) is 28.3 Å². The molecule has 9 heteroatoms. The van der Waals surface area contributed by atoms with Crippen LogP contribution in [0.4, 0.5) is 0 Å². The van der Waals surface area contributed by atoms with Gasteiger partial charge in [-0.25, -0.2) is 17.9 Å². The van der Waals surface area contributed by atoms with Gasteiger partial charge < -0.3 is 10.2 Å². The van der Waals surface area contributed by atoms with E-state index in [2.05, 4.69) is 0 Å². The fourth-order valence-corrected chi connectivity index (χ4v) is 2.56. The van der Waals surface area contributed by atoms with Crippen LogP contribution in [0.5, 0.6) is 0 Å². The van der Waals surface area contributed by atoms with Crippen LogP contribution in [0.25, 0.3) is 0 Å². The summed E-state index contributed by atoms with van der Waals surface area (Å²) < 4.78 is 25.7. The van der Waals surface area contributed by atoms with E-state index < -0.39 is 28.1 Å². The van der Waals surface area contributed by atoms with Gasteiger partial charge in [0.1, 0.15) is 0 Å². The van der Waals surface area contributed by atoms with E-state index in [1.807, 2.05) is 4.72 Å². The van der Waals surface area contributed by atoms with Crippen molar-refractivity contribution in [2.75, 3.05) is 6.54 Å². The topological polar surface area (TPSA) is 104 Å². The van der Waals surface area contributed by atoms with Crippen LogP contribution in [-0.2, 0) is 14.8 Å². The Balaban J connectivity index is 2.93. The molecule has 0 heterocycles. The molecule has 1 unspecified atom stereocenters. The molecular weight excluding hydrogens is 317 g/mol. The third-order valence-electron chi connectivity index (χ3n) is 2.27. The summed E-state index contributed by atoms with van der Waals surface area (Å²) >= 11 is 11.3. The second-order valence-corrected chi connectivity index (χ2v) is 6.56. The van der Waals surface area contributed by atoms with Gasteiger partial charge in [-0.3, -0.25) is 0 Å². The van der Waals surface area contributed by atoms with Crippen molar-refractivity contribution in [2.45, 2.75) is 17.4 Å². The highest BCUT2D eigenvalue weighted by Crippen LogP contribution is 2.24. The van der Waals surface area contributed by atoms with Gasteiger partial charge >= 0.3 is 5.97 Å². The molecule has 0 saturated carbocycles. The van der Waals surface area contributed by atoms with E-state index in [0.717, 1.165) is 13.0 Å². The van der Waals surface area contributed by atoms with Gasteiger partial charge in [-0.1, -0.05) is 23.2 Å². The first-order valence-electron chi connectivity index (χ1n) is 4.97. The third kappa shape index (κ3) is 4.05. The van der Waals surface area contributed by atoms with E-state index in [0.29, 0.717) is 0 Å². The zero-order chi connectivity index (χ0) is 14.8. The van der Waals surface area contributed by atoms with Gasteiger partial charge in [0.25, 0.3) is 0 Å². The molecular formula is C10H11Cl2NO5S. The zero-order valence-electron chi connectivity index (χ0n) is 9.72. The molecule has 0 aromatic heterocycles. The standard InChI is InChI=1S/C10H11Cl2NO5S/c1-10(16,9(14)15)5-13-19(17,18)6-2-3-7(11)8(12)4-6/h2-4,13,16H,5H2,1H3,(H,14,15). The fraction of sp³-hybridized carbons (Fsp3) is 0.300. The Kier molecular flexibility index (Phi) is 4.81. The summed E-state index contributed by atoms with van der Waals surface area (Å²) in [5.41, 5.74) is -2.21. The lowest BCUT2D eigenvalue weighted by atomic mass is 10.1. The molecule has 1 aromatic rings. The highest BCUT2D eigenvalue weighted by atomic mass is 35.5. The van der Waals surface area contributed by atoms with Crippen LogP contribution in [0.1, 0.15) is 6.92 Å². The van der Waals surface area contributed by atoms with Gasteiger partial charge in [0.15, 0.2) is 5.60 Å². The Morgan fingerprint density at radius 1 is 1.37 bits per heavy atom. The van der Waals surface area contributed by atoms with Crippen molar-refractivity contribution >= 4 is 39.2 Å². The maximum Gasteiger partial charge on any atom is 0.336 e. The molecule has 0 aliphatic heterocycles. The number of hydrogen-bond acceptors (Lipinski definition) is 4. The molecule has 106 valence electrons. The van der Waals surface area contributed by atoms with Crippen molar-refractivity contribution in [3.05, 3.63) is 28.2 Å². The molecule has 0 spiro atoms. The summed E-state index contributed by atoms with van der Waals surface area (Å²) in [7, 11) is -3.98. The van der Waals surface area contributed by atoms with Crippen LogP contribution in [0, 0.1) is 0 Å². The van der Waals surface area contributed by atoms with Crippen LogP contribution in [0.3, 0.4) is 0 Å². The second kappa shape index (κ2) is 5.64. The van der Waals surface area contributed by atoms with E-state index in [1.54, 1.807) is 0 Å². The van der Waals surface area contributed by atoms with Crippen LogP contribution >= 0.6 is 23.2 Å². The molecule has 0 saturated heterocycles. The highest BCUT2D eigenvalue weighted by molar-refractivity contribution is 7.89. The first-order valence-corrected chi connectivity index (χ1v) is 7.21. The maximum atomic E-state index is 11.8. The molecule has 0 amide bonds. The van der Waals surface area contributed by atoms with Crippen LogP contribution in [0.15, 0.2) is 23.1 Å². The minimum absolute atomic E-state index is 0.0505. The number of halogens is 2. The molecule has 1 atom stereocenters. The van der Waals surface area contributed by atoms with Gasteiger partial charge in [-0.05, 0) is 25.1 Å².